The van der Waals surface area contributed by atoms with Crippen molar-refractivity contribution >= 4 is 33.3 Å². The molecule has 0 saturated heterocycles. The van der Waals surface area contributed by atoms with Gasteiger partial charge in [0.2, 0.25) is 0 Å². The van der Waals surface area contributed by atoms with Gasteiger partial charge < -0.3 is 10.6 Å². The van der Waals surface area contributed by atoms with E-state index in [1.807, 2.05) is 55.5 Å². The average molecular weight is 297 g/mol. The van der Waals surface area contributed by atoms with Gasteiger partial charge in [-0.15, -0.1) is 11.3 Å². The fraction of sp³-hybridized carbons (Fsp3) is 0.125. The predicted molar refractivity (Wildman–Crippen MR) is 86.7 cm³/mol. The van der Waals surface area contributed by atoms with E-state index in [1.165, 1.54) is 0 Å². The highest BCUT2D eigenvalue weighted by molar-refractivity contribution is 7.18. The number of amides is 2. The number of aromatic nitrogens is 1. The summed E-state index contributed by atoms with van der Waals surface area (Å²) in [4.78, 5) is 16.3. The van der Waals surface area contributed by atoms with Crippen molar-refractivity contribution in [2.75, 3.05) is 5.32 Å². The normalized spacial score (nSPS) is 10.5. The minimum atomic E-state index is -0.217. The number of aryl methyl sites for hydroxylation is 1. The van der Waals surface area contributed by atoms with E-state index < -0.39 is 0 Å². The van der Waals surface area contributed by atoms with Gasteiger partial charge in [0.05, 0.1) is 15.2 Å². The maximum absolute atomic E-state index is 11.9. The van der Waals surface area contributed by atoms with E-state index in [-0.39, 0.29) is 6.03 Å². The summed E-state index contributed by atoms with van der Waals surface area (Å²) >= 11 is 1.65. The van der Waals surface area contributed by atoms with E-state index in [1.54, 1.807) is 11.3 Å². The van der Waals surface area contributed by atoms with E-state index in [9.17, 15) is 4.79 Å². The van der Waals surface area contributed by atoms with Crippen LogP contribution in [0.2, 0.25) is 0 Å². The van der Waals surface area contributed by atoms with Crippen LogP contribution in [0.15, 0.2) is 48.5 Å². The molecule has 106 valence electrons. The second-order valence-electron chi connectivity index (χ2n) is 4.71. The van der Waals surface area contributed by atoms with Crippen LogP contribution in [0.4, 0.5) is 10.5 Å². The first-order chi connectivity index (χ1) is 10.2. The Bertz CT molecular complexity index is 768. The van der Waals surface area contributed by atoms with Crippen molar-refractivity contribution in [1.29, 1.82) is 0 Å². The maximum Gasteiger partial charge on any atom is 0.319 e. The molecule has 0 fully saturated rings. The third-order valence-corrected chi connectivity index (χ3v) is 4.00. The molecule has 2 aromatic carbocycles. The lowest BCUT2D eigenvalue weighted by Crippen LogP contribution is -2.28. The largest absolute Gasteiger partial charge is 0.334 e. The van der Waals surface area contributed by atoms with Crippen molar-refractivity contribution in [3.63, 3.8) is 0 Å². The average Bonchev–Trinajstić information content (AvgIpc) is 2.85. The van der Waals surface area contributed by atoms with E-state index >= 15 is 0 Å². The van der Waals surface area contributed by atoms with Crippen molar-refractivity contribution in [3.8, 4) is 0 Å². The number of carbonyl (C=O) groups is 1. The number of fused-ring (bicyclic) bond motifs is 1. The summed E-state index contributed by atoms with van der Waals surface area (Å²) in [5.74, 6) is 0. The zero-order chi connectivity index (χ0) is 14.7. The minimum absolute atomic E-state index is 0.217. The van der Waals surface area contributed by atoms with Gasteiger partial charge in [0.15, 0.2) is 0 Å². The van der Waals surface area contributed by atoms with Gasteiger partial charge in [-0.05, 0) is 30.7 Å². The molecule has 0 atom stereocenters. The van der Waals surface area contributed by atoms with Gasteiger partial charge in [0.1, 0.15) is 0 Å². The summed E-state index contributed by atoms with van der Waals surface area (Å²) in [5, 5.41) is 6.68. The monoisotopic (exact) mass is 297 g/mol. The molecule has 3 aromatic rings. The van der Waals surface area contributed by atoms with Crippen molar-refractivity contribution in [3.05, 3.63) is 59.1 Å². The second kappa shape index (κ2) is 5.93. The smallest absolute Gasteiger partial charge is 0.319 e. The molecule has 2 amide bonds. The number of rotatable bonds is 3. The lowest BCUT2D eigenvalue weighted by molar-refractivity contribution is 0.251. The molecule has 21 heavy (non-hydrogen) atoms. The molecule has 0 unspecified atom stereocenters. The van der Waals surface area contributed by atoms with Gasteiger partial charge in [-0.25, -0.2) is 9.78 Å². The summed E-state index contributed by atoms with van der Waals surface area (Å²) in [6.45, 7) is 2.48. The van der Waals surface area contributed by atoms with Crippen molar-refractivity contribution in [2.24, 2.45) is 0 Å². The van der Waals surface area contributed by atoms with Gasteiger partial charge in [0.25, 0.3) is 0 Å². The van der Waals surface area contributed by atoms with Crippen molar-refractivity contribution < 1.29 is 4.79 Å². The number of thiazole rings is 1. The van der Waals surface area contributed by atoms with Crippen LogP contribution in [-0.2, 0) is 6.54 Å². The lowest BCUT2D eigenvalue weighted by Gasteiger charge is -2.07. The Morgan fingerprint density at radius 1 is 1.19 bits per heavy atom. The predicted octanol–water partition coefficient (Wildman–Crippen LogP) is 3.93. The molecule has 1 aromatic heterocycles. The molecular weight excluding hydrogens is 282 g/mol. The Hall–Kier alpha value is -2.40. The number of benzene rings is 2. The molecule has 3 rings (SSSR count). The van der Waals surface area contributed by atoms with Crippen LogP contribution in [-0.4, -0.2) is 11.0 Å². The molecule has 0 saturated carbocycles. The molecule has 4 nitrogen and oxygen atoms in total. The van der Waals surface area contributed by atoms with Crippen LogP contribution < -0.4 is 10.6 Å². The highest BCUT2D eigenvalue weighted by Gasteiger charge is 2.05. The first kappa shape index (κ1) is 13.6. The summed E-state index contributed by atoms with van der Waals surface area (Å²) < 4.78 is 1.13. The van der Waals surface area contributed by atoms with Gasteiger partial charge >= 0.3 is 6.03 Å². The van der Waals surface area contributed by atoms with Crippen LogP contribution in [0.25, 0.3) is 10.2 Å². The number of hydrogen-bond acceptors (Lipinski definition) is 3. The number of nitrogens with one attached hydrogen (secondary N) is 2. The molecule has 0 bridgehead atoms. The van der Waals surface area contributed by atoms with Crippen LogP contribution in [0, 0.1) is 6.92 Å². The highest BCUT2D eigenvalue weighted by atomic mass is 32.1. The number of urea groups is 1. The van der Waals surface area contributed by atoms with Crippen LogP contribution in [0.1, 0.15) is 10.6 Å². The maximum atomic E-state index is 11.9. The standard InChI is InChI=1S/C16H15N3OS/c1-11-18-14-9-13(7-8-15(14)21-11)19-16(20)17-10-12-5-3-2-4-6-12/h2-9H,10H2,1H3,(H2,17,19,20). The number of carbonyl (C=O) groups excluding carboxylic acids is 1. The third kappa shape index (κ3) is 3.38. The Labute approximate surface area is 126 Å². The number of nitrogens with zero attached hydrogens (tertiary/aromatic N) is 1. The first-order valence-electron chi connectivity index (χ1n) is 6.67. The Morgan fingerprint density at radius 2 is 2.00 bits per heavy atom. The quantitative estimate of drug-likeness (QED) is 0.769. The Kier molecular flexibility index (Phi) is 3.83. The SMILES string of the molecule is Cc1nc2cc(NC(=O)NCc3ccccc3)ccc2s1. The van der Waals surface area contributed by atoms with Crippen LogP contribution in [0.3, 0.4) is 0 Å². The minimum Gasteiger partial charge on any atom is -0.334 e. The van der Waals surface area contributed by atoms with Crippen LogP contribution >= 0.6 is 11.3 Å². The third-order valence-electron chi connectivity index (χ3n) is 3.05. The van der Waals surface area contributed by atoms with Crippen LogP contribution in [0.5, 0.6) is 0 Å². The molecule has 1 heterocycles. The molecule has 0 spiro atoms. The molecule has 5 heteroatoms. The summed E-state index contributed by atoms with van der Waals surface area (Å²) in [7, 11) is 0. The van der Waals surface area contributed by atoms with E-state index in [2.05, 4.69) is 15.6 Å². The molecule has 0 aliphatic heterocycles. The fourth-order valence-electron chi connectivity index (χ4n) is 2.07. The van der Waals surface area contributed by atoms with Crippen molar-refractivity contribution in [2.45, 2.75) is 13.5 Å². The second-order valence-corrected chi connectivity index (χ2v) is 5.94. The summed E-state index contributed by atoms with van der Waals surface area (Å²) in [6.07, 6.45) is 0. The lowest BCUT2D eigenvalue weighted by atomic mass is 10.2. The fourth-order valence-corrected chi connectivity index (χ4v) is 2.88. The number of anilines is 1. The van der Waals surface area contributed by atoms with Crippen molar-refractivity contribution in [1.82, 2.24) is 10.3 Å². The van der Waals surface area contributed by atoms with E-state index in [4.69, 9.17) is 0 Å². The van der Waals surface area contributed by atoms with Gasteiger partial charge in [-0.2, -0.15) is 0 Å². The Morgan fingerprint density at radius 3 is 2.81 bits per heavy atom. The summed E-state index contributed by atoms with van der Waals surface area (Å²) in [6, 6.07) is 15.4. The zero-order valence-electron chi connectivity index (χ0n) is 11.6. The molecule has 0 aliphatic rings. The molecule has 2 N–H and O–H groups in total. The molecular formula is C16H15N3OS. The Balaban J connectivity index is 1.63. The molecule has 0 aliphatic carbocycles. The topological polar surface area (TPSA) is 54.0 Å². The summed E-state index contributed by atoms with van der Waals surface area (Å²) in [5.41, 5.74) is 2.73. The van der Waals surface area contributed by atoms with E-state index in [0.29, 0.717) is 6.54 Å². The van der Waals surface area contributed by atoms with Gasteiger partial charge in [-0.1, -0.05) is 30.3 Å². The van der Waals surface area contributed by atoms with Gasteiger partial charge in [-0.3, -0.25) is 0 Å². The number of hydrogen-bond donors (Lipinski definition) is 2. The van der Waals surface area contributed by atoms with Gasteiger partial charge in [0, 0.05) is 12.2 Å². The van der Waals surface area contributed by atoms with E-state index in [0.717, 1.165) is 26.5 Å². The highest BCUT2D eigenvalue weighted by Crippen LogP contribution is 2.24. The zero-order valence-corrected chi connectivity index (χ0v) is 12.4. The first-order valence-corrected chi connectivity index (χ1v) is 7.48. The molecule has 0 radical (unpaired) electrons.